The lowest BCUT2D eigenvalue weighted by molar-refractivity contribution is -0.121. The third-order valence-corrected chi connectivity index (χ3v) is 3.95. The van der Waals surface area contributed by atoms with Crippen LogP contribution in [0, 0.1) is 0 Å². The molecule has 0 saturated heterocycles. The number of carbonyl (C=O) groups is 2. The van der Waals surface area contributed by atoms with Crippen molar-refractivity contribution in [2.45, 2.75) is 18.9 Å². The van der Waals surface area contributed by atoms with Gasteiger partial charge in [0.15, 0.2) is 5.78 Å². The fraction of sp³-hybridized carbons (Fsp3) is 0.333. The lowest BCUT2D eigenvalue weighted by atomic mass is 10.1. The number of nitrogens with one attached hydrogen (secondary N) is 1. The first-order chi connectivity index (χ1) is 11.5. The van der Waals surface area contributed by atoms with Gasteiger partial charge >= 0.3 is 0 Å². The maximum atomic E-state index is 12.1. The normalized spacial score (nSPS) is 12.2. The van der Waals surface area contributed by atoms with Crippen molar-refractivity contribution in [2.75, 3.05) is 20.6 Å². The molecule has 1 aromatic heterocycles. The van der Waals surface area contributed by atoms with E-state index in [1.165, 1.54) is 0 Å². The van der Waals surface area contributed by atoms with E-state index in [0.29, 0.717) is 17.1 Å². The highest BCUT2D eigenvalue weighted by molar-refractivity contribution is 6.31. The summed E-state index contributed by atoms with van der Waals surface area (Å²) in [6, 6.07) is 10.4. The van der Waals surface area contributed by atoms with Gasteiger partial charge in [0.2, 0.25) is 5.91 Å². The van der Waals surface area contributed by atoms with Gasteiger partial charge in [-0.05, 0) is 38.4 Å². The van der Waals surface area contributed by atoms with Crippen LogP contribution in [0.25, 0.3) is 0 Å². The zero-order valence-electron chi connectivity index (χ0n) is 13.8. The molecule has 6 heteroatoms. The van der Waals surface area contributed by atoms with Crippen molar-refractivity contribution in [3.05, 3.63) is 59.0 Å². The Morgan fingerprint density at radius 1 is 1.21 bits per heavy atom. The van der Waals surface area contributed by atoms with Gasteiger partial charge in [0.1, 0.15) is 5.76 Å². The molecule has 1 aromatic carbocycles. The van der Waals surface area contributed by atoms with Gasteiger partial charge in [0.25, 0.3) is 0 Å². The van der Waals surface area contributed by atoms with Crippen LogP contribution < -0.4 is 5.32 Å². The third-order valence-electron chi connectivity index (χ3n) is 3.71. The van der Waals surface area contributed by atoms with E-state index in [-0.39, 0.29) is 30.6 Å². The molecule has 1 N–H and O–H groups in total. The minimum atomic E-state index is -0.163. The van der Waals surface area contributed by atoms with Crippen molar-refractivity contribution in [3.8, 4) is 0 Å². The zero-order chi connectivity index (χ0) is 17.5. The number of nitrogens with zero attached hydrogens (tertiary/aromatic N) is 1. The topological polar surface area (TPSA) is 62.6 Å². The average Bonchev–Trinajstić information content (AvgIpc) is 3.06. The van der Waals surface area contributed by atoms with Crippen LogP contribution in [0.15, 0.2) is 47.1 Å². The third kappa shape index (κ3) is 5.22. The van der Waals surface area contributed by atoms with Crippen molar-refractivity contribution in [3.63, 3.8) is 0 Å². The van der Waals surface area contributed by atoms with E-state index in [9.17, 15) is 9.59 Å². The van der Waals surface area contributed by atoms with E-state index in [4.69, 9.17) is 16.0 Å². The molecule has 0 bridgehead atoms. The first-order valence-corrected chi connectivity index (χ1v) is 8.10. The first kappa shape index (κ1) is 18.2. The van der Waals surface area contributed by atoms with Crippen LogP contribution in [0.4, 0.5) is 0 Å². The van der Waals surface area contributed by atoms with Crippen LogP contribution in [-0.4, -0.2) is 37.2 Å². The second-order valence-electron chi connectivity index (χ2n) is 5.73. The van der Waals surface area contributed by atoms with Crippen molar-refractivity contribution in [2.24, 2.45) is 0 Å². The van der Waals surface area contributed by atoms with Crippen LogP contribution in [0.1, 0.15) is 35.0 Å². The van der Waals surface area contributed by atoms with Gasteiger partial charge in [0.05, 0.1) is 12.3 Å². The molecule has 2 aromatic rings. The molecule has 0 spiro atoms. The standard InChI is InChI=1S/C18H21ClN2O3/c1-21(2)15(17-7-4-10-24-17)12-20-18(23)9-8-16(22)13-5-3-6-14(19)11-13/h3-7,10-11,15H,8-9,12H2,1-2H3,(H,20,23). The van der Waals surface area contributed by atoms with Crippen LogP contribution in [0.3, 0.4) is 0 Å². The van der Waals surface area contributed by atoms with E-state index in [1.807, 2.05) is 31.1 Å². The second kappa shape index (κ2) is 8.66. The molecule has 0 fully saturated rings. The summed E-state index contributed by atoms with van der Waals surface area (Å²) in [6.07, 6.45) is 1.90. The van der Waals surface area contributed by atoms with Gasteiger partial charge in [-0.25, -0.2) is 0 Å². The number of hydrogen-bond acceptors (Lipinski definition) is 4. The van der Waals surface area contributed by atoms with Crippen molar-refractivity contribution >= 4 is 23.3 Å². The Hall–Kier alpha value is -2.11. The summed E-state index contributed by atoms with van der Waals surface area (Å²) in [6.45, 7) is 0.421. The number of ketones is 1. The number of halogens is 1. The fourth-order valence-corrected chi connectivity index (χ4v) is 2.54. The molecule has 128 valence electrons. The Kier molecular flexibility index (Phi) is 6.58. The molecule has 1 heterocycles. The summed E-state index contributed by atoms with van der Waals surface area (Å²) < 4.78 is 5.40. The maximum absolute atomic E-state index is 12.1. The van der Waals surface area contributed by atoms with Gasteiger partial charge < -0.3 is 9.73 Å². The predicted molar refractivity (Wildman–Crippen MR) is 93.2 cm³/mol. The minimum Gasteiger partial charge on any atom is -0.468 e. The summed E-state index contributed by atoms with van der Waals surface area (Å²) in [5.41, 5.74) is 0.525. The van der Waals surface area contributed by atoms with E-state index in [2.05, 4.69) is 5.32 Å². The molecular formula is C18H21ClN2O3. The van der Waals surface area contributed by atoms with E-state index in [0.717, 1.165) is 5.76 Å². The number of carbonyl (C=O) groups excluding carboxylic acids is 2. The summed E-state index contributed by atoms with van der Waals surface area (Å²) in [5, 5.41) is 3.36. The quantitative estimate of drug-likeness (QED) is 0.743. The molecule has 24 heavy (non-hydrogen) atoms. The number of furan rings is 1. The zero-order valence-corrected chi connectivity index (χ0v) is 14.5. The summed E-state index contributed by atoms with van der Waals surface area (Å²) in [5.74, 6) is 0.530. The molecule has 0 aliphatic rings. The molecular weight excluding hydrogens is 328 g/mol. The molecule has 0 radical (unpaired) electrons. The highest BCUT2D eigenvalue weighted by Crippen LogP contribution is 2.17. The Labute approximate surface area is 146 Å². The van der Waals surface area contributed by atoms with E-state index in [1.54, 1.807) is 30.5 Å². The largest absolute Gasteiger partial charge is 0.468 e. The minimum absolute atomic E-state index is 0.0485. The van der Waals surface area contributed by atoms with Crippen LogP contribution in [0.2, 0.25) is 5.02 Å². The number of Topliss-reactive ketones (excluding diaryl/α,β-unsaturated/α-hetero) is 1. The SMILES string of the molecule is CN(C)C(CNC(=O)CCC(=O)c1cccc(Cl)c1)c1ccco1. The molecule has 0 aliphatic heterocycles. The molecule has 2 rings (SSSR count). The highest BCUT2D eigenvalue weighted by Gasteiger charge is 2.18. The lowest BCUT2D eigenvalue weighted by Gasteiger charge is -2.22. The number of likely N-dealkylation sites (N-methyl/N-ethyl adjacent to an activating group) is 1. The fourth-order valence-electron chi connectivity index (χ4n) is 2.35. The van der Waals surface area contributed by atoms with Gasteiger partial charge in [-0.2, -0.15) is 0 Å². The van der Waals surface area contributed by atoms with Crippen LogP contribution in [-0.2, 0) is 4.79 Å². The Bertz CT molecular complexity index is 683. The monoisotopic (exact) mass is 348 g/mol. The first-order valence-electron chi connectivity index (χ1n) is 7.72. The highest BCUT2D eigenvalue weighted by atomic mass is 35.5. The Balaban J connectivity index is 1.81. The number of rotatable bonds is 8. The summed E-state index contributed by atoms with van der Waals surface area (Å²) in [4.78, 5) is 26.0. The number of benzene rings is 1. The van der Waals surface area contributed by atoms with Crippen molar-refractivity contribution in [1.82, 2.24) is 10.2 Å². The van der Waals surface area contributed by atoms with Gasteiger partial charge in [-0.3, -0.25) is 14.5 Å². The molecule has 5 nitrogen and oxygen atoms in total. The predicted octanol–water partition coefficient (Wildman–Crippen LogP) is 3.32. The molecule has 1 atom stereocenters. The van der Waals surface area contributed by atoms with E-state index < -0.39 is 0 Å². The Morgan fingerprint density at radius 2 is 2.00 bits per heavy atom. The Morgan fingerprint density at radius 3 is 2.62 bits per heavy atom. The summed E-state index contributed by atoms with van der Waals surface area (Å²) in [7, 11) is 3.84. The van der Waals surface area contributed by atoms with Crippen molar-refractivity contribution < 1.29 is 14.0 Å². The molecule has 1 amide bonds. The number of hydrogen-bond donors (Lipinski definition) is 1. The van der Waals surface area contributed by atoms with Gasteiger partial charge in [-0.15, -0.1) is 0 Å². The molecule has 0 saturated carbocycles. The van der Waals surface area contributed by atoms with Crippen molar-refractivity contribution in [1.29, 1.82) is 0 Å². The summed E-state index contributed by atoms with van der Waals surface area (Å²) >= 11 is 5.87. The van der Waals surface area contributed by atoms with Gasteiger partial charge in [0, 0.05) is 30.0 Å². The van der Waals surface area contributed by atoms with Crippen LogP contribution in [0.5, 0.6) is 0 Å². The molecule has 0 aliphatic carbocycles. The second-order valence-corrected chi connectivity index (χ2v) is 6.17. The lowest BCUT2D eigenvalue weighted by Crippen LogP contribution is -2.34. The maximum Gasteiger partial charge on any atom is 0.220 e. The average molecular weight is 349 g/mol. The van der Waals surface area contributed by atoms with Gasteiger partial charge in [-0.1, -0.05) is 23.7 Å². The number of amides is 1. The van der Waals surface area contributed by atoms with E-state index >= 15 is 0 Å². The molecule has 1 unspecified atom stereocenters. The van der Waals surface area contributed by atoms with Crippen LogP contribution >= 0.6 is 11.6 Å². The smallest absolute Gasteiger partial charge is 0.220 e.